The Labute approximate surface area is 181 Å². The number of carbonyl (C=O) groups excluding carboxylic acids is 1. The Morgan fingerprint density at radius 3 is 2.59 bits per heavy atom. The van der Waals surface area contributed by atoms with Crippen molar-refractivity contribution in [1.29, 1.82) is 0 Å². The second kappa shape index (κ2) is 8.39. The van der Waals surface area contributed by atoms with Crippen LogP contribution in [0.3, 0.4) is 0 Å². The number of amides is 1. The van der Waals surface area contributed by atoms with Gasteiger partial charge in [0.1, 0.15) is 11.9 Å². The van der Waals surface area contributed by atoms with Crippen molar-refractivity contribution in [3.8, 4) is 0 Å². The SMILES string of the molecule is CC(=S)NCC1CN(c2ccc(N3CCN(C(=S)C4CC4)CC3)c(F)c2)C(=O)O1. The molecule has 1 aromatic rings. The summed E-state index contributed by atoms with van der Waals surface area (Å²) in [6.07, 6.45) is 1.63. The number of ether oxygens (including phenoxy) is 1. The fraction of sp³-hybridized carbons (Fsp3) is 0.550. The van der Waals surface area contributed by atoms with Crippen LogP contribution in [0.25, 0.3) is 0 Å². The van der Waals surface area contributed by atoms with Gasteiger partial charge in [0, 0.05) is 32.1 Å². The molecule has 1 aromatic carbocycles. The Kier molecular flexibility index (Phi) is 5.87. The highest BCUT2D eigenvalue weighted by molar-refractivity contribution is 7.80. The van der Waals surface area contributed by atoms with E-state index in [-0.39, 0.29) is 11.9 Å². The quantitative estimate of drug-likeness (QED) is 0.712. The predicted octanol–water partition coefficient (Wildman–Crippen LogP) is 2.95. The van der Waals surface area contributed by atoms with Crippen molar-refractivity contribution in [2.24, 2.45) is 5.92 Å². The smallest absolute Gasteiger partial charge is 0.414 e. The predicted molar refractivity (Wildman–Crippen MR) is 119 cm³/mol. The van der Waals surface area contributed by atoms with Crippen molar-refractivity contribution in [3.05, 3.63) is 24.0 Å². The Balaban J connectivity index is 1.37. The highest BCUT2D eigenvalue weighted by Crippen LogP contribution is 2.33. The van der Waals surface area contributed by atoms with Gasteiger partial charge >= 0.3 is 6.09 Å². The largest absolute Gasteiger partial charge is 0.442 e. The van der Waals surface area contributed by atoms with E-state index < -0.39 is 6.09 Å². The summed E-state index contributed by atoms with van der Waals surface area (Å²) in [5.74, 6) is 0.254. The number of rotatable bonds is 5. The first kappa shape index (κ1) is 20.3. The molecule has 0 aromatic heterocycles. The van der Waals surface area contributed by atoms with Crippen LogP contribution < -0.4 is 15.1 Å². The van der Waals surface area contributed by atoms with E-state index in [4.69, 9.17) is 29.2 Å². The number of thiocarbonyl (C=S) groups is 2. The number of hydrogen-bond donors (Lipinski definition) is 1. The maximum absolute atomic E-state index is 14.9. The van der Waals surface area contributed by atoms with Crippen molar-refractivity contribution in [2.75, 3.05) is 49.1 Å². The third-order valence-electron chi connectivity index (χ3n) is 5.55. The number of hydrogen-bond acceptors (Lipinski definition) is 5. The minimum absolute atomic E-state index is 0.313. The zero-order valence-corrected chi connectivity index (χ0v) is 18.0. The van der Waals surface area contributed by atoms with Crippen molar-refractivity contribution < 1.29 is 13.9 Å². The first-order chi connectivity index (χ1) is 13.9. The number of carbonyl (C=O) groups is 1. The number of halogens is 1. The van der Waals surface area contributed by atoms with Crippen molar-refractivity contribution in [2.45, 2.75) is 25.9 Å². The Morgan fingerprint density at radius 2 is 1.97 bits per heavy atom. The van der Waals surface area contributed by atoms with Gasteiger partial charge in [-0.25, -0.2) is 9.18 Å². The van der Waals surface area contributed by atoms with Crippen LogP contribution in [0, 0.1) is 11.7 Å². The summed E-state index contributed by atoms with van der Waals surface area (Å²) in [5, 5.41) is 3.00. The van der Waals surface area contributed by atoms with E-state index in [0.29, 0.717) is 35.4 Å². The Bertz CT molecular complexity index is 825. The van der Waals surface area contributed by atoms with Crippen LogP contribution in [-0.2, 0) is 4.74 Å². The van der Waals surface area contributed by atoms with Crippen LogP contribution in [0.2, 0.25) is 0 Å². The maximum atomic E-state index is 14.9. The molecule has 2 heterocycles. The molecule has 156 valence electrons. The molecular weight excluding hydrogens is 411 g/mol. The normalized spacial score (nSPS) is 21.9. The summed E-state index contributed by atoms with van der Waals surface area (Å²) in [7, 11) is 0. The lowest BCUT2D eigenvalue weighted by Gasteiger charge is -2.37. The van der Waals surface area contributed by atoms with Gasteiger partial charge in [-0.2, -0.15) is 0 Å². The standard InChI is InChI=1S/C20H25FN4O2S2/c1-13(28)22-11-16-12-25(20(26)27-16)15-4-5-18(17(21)10-15)23-6-8-24(9-7-23)19(29)14-2-3-14/h4-5,10,14,16H,2-3,6-9,11-12H2,1H3,(H,22,28). The molecule has 2 aliphatic heterocycles. The van der Waals surface area contributed by atoms with Gasteiger partial charge in [-0.1, -0.05) is 24.4 Å². The maximum Gasteiger partial charge on any atom is 0.414 e. The van der Waals surface area contributed by atoms with Crippen LogP contribution in [0.15, 0.2) is 18.2 Å². The van der Waals surface area contributed by atoms with Crippen LogP contribution >= 0.6 is 24.4 Å². The van der Waals surface area contributed by atoms with Gasteiger partial charge in [-0.15, -0.1) is 0 Å². The summed E-state index contributed by atoms with van der Waals surface area (Å²) in [4.78, 5) is 19.7. The summed E-state index contributed by atoms with van der Waals surface area (Å²) >= 11 is 10.5. The Hall–Kier alpha value is -2.00. The average Bonchev–Trinajstić information content (AvgIpc) is 3.48. The molecule has 0 bridgehead atoms. The molecular formula is C20H25FN4O2S2. The molecule has 1 unspecified atom stereocenters. The lowest BCUT2D eigenvalue weighted by molar-refractivity contribution is 0.143. The fourth-order valence-corrected chi connectivity index (χ4v) is 4.27. The van der Waals surface area contributed by atoms with E-state index in [2.05, 4.69) is 10.2 Å². The highest BCUT2D eigenvalue weighted by atomic mass is 32.1. The van der Waals surface area contributed by atoms with Gasteiger partial charge < -0.3 is 19.9 Å². The average molecular weight is 437 g/mol. The van der Waals surface area contributed by atoms with Crippen LogP contribution in [-0.4, -0.2) is 66.3 Å². The molecule has 0 spiro atoms. The lowest BCUT2D eigenvalue weighted by atomic mass is 10.2. The number of nitrogens with zero attached hydrogens (tertiary/aromatic N) is 3. The topological polar surface area (TPSA) is 48.0 Å². The number of cyclic esters (lactones) is 1. The van der Waals surface area contributed by atoms with Crippen LogP contribution in [0.5, 0.6) is 0 Å². The van der Waals surface area contributed by atoms with Gasteiger partial charge in [0.05, 0.1) is 34.4 Å². The van der Waals surface area contributed by atoms with Gasteiger partial charge in [-0.05, 0) is 38.0 Å². The summed E-state index contributed by atoms with van der Waals surface area (Å²) in [6.45, 7) is 5.71. The molecule has 1 aliphatic carbocycles. The molecule has 4 rings (SSSR count). The van der Waals surface area contributed by atoms with Gasteiger partial charge in [0.25, 0.3) is 0 Å². The van der Waals surface area contributed by atoms with Gasteiger partial charge in [-0.3, -0.25) is 4.90 Å². The number of benzene rings is 1. The van der Waals surface area contributed by atoms with Crippen LogP contribution in [0.4, 0.5) is 20.6 Å². The molecule has 9 heteroatoms. The minimum atomic E-state index is -0.465. The molecule has 1 amide bonds. The number of piperazine rings is 1. The van der Waals surface area contributed by atoms with E-state index >= 15 is 0 Å². The lowest BCUT2D eigenvalue weighted by Crippen LogP contribution is -2.49. The second-order valence-electron chi connectivity index (χ2n) is 7.78. The number of anilines is 2. The van der Waals surface area contributed by atoms with Crippen molar-refractivity contribution in [1.82, 2.24) is 10.2 Å². The van der Waals surface area contributed by atoms with E-state index in [1.165, 1.54) is 23.8 Å². The molecule has 2 saturated heterocycles. The van der Waals surface area contributed by atoms with E-state index in [9.17, 15) is 9.18 Å². The van der Waals surface area contributed by atoms with Gasteiger partial charge in [0.15, 0.2) is 0 Å². The number of nitrogens with one attached hydrogen (secondary N) is 1. The zero-order valence-electron chi connectivity index (χ0n) is 16.4. The fourth-order valence-electron chi connectivity index (χ4n) is 3.77. The summed E-state index contributed by atoms with van der Waals surface area (Å²) in [5.41, 5.74) is 1.07. The zero-order chi connectivity index (χ0) is 20.5. The van der Waals surface area contributed by atoms with Crippen molar-refractivity contribution >= 4 is 51.9 Å². The van der Waals surface area contributed by atoms with E-state index in [1.807, 2.05) is 4.90 Å². The first-order valence-electron chi connectivity index (χ1n) is 9.98. The Morgan fingerprint density at radius 1 is 1.24 bits per heavy atom. The summed E-state index contributed by atoms with van der Waals surface area (Å²) < 4.78 is 20.2. The van der Waals surface area contributed by atoms with Gasteiger partial charge in [0.2, 0.25) is 0 Å². The molecule has 1 atom stereocenters. The molecule has 29 heavy (non-hydrogen) atoms. The molecule has 1 saturated carbocycles. The molecule has 1 N–H and O–H groups in total. The third kappa shape index (κ3) is 4.61. The third-order valence-corrected chi connectivity index (χ3v) is 6.29. The first-order valence-corrected chi connectivity index (χ1v) is 10.8. The highest BCUT2D eigenvalue weighted by Gasteiger charge is 2.34. The summed E-state index contributed by atoms with van der Waals surface area (Å²) in [6, 6.07) is 4.94. The van der Waals surface area contributed by atoms with E-state index in [0.717, 1.165) is 31.2 Å². The monoisotopic (exact) mass is 436 g/mol. The minimum Gasteiger partial charge on any atom is -0.442 e. The molecule has 0 radical (unpaired) electrons. The molecule has 6 nitrogen and oxygen atoms in total. The van der Waals surface area contributed by atoms with E-state index in [1.54, 1.807) is 19.1 Å². The second-order valence-corrected chi connectivity index (χ2v) is 8.81. The van der Waals surface area contributed by atoms with Crippen LogP contribution in [0.1, 0.15) is 19.8 Å². The molecule has 3 fully saturated rings. The van der Waals surface area contributed by atoms with Crippen molar-refractivity contribution in [3.63, 3.8) is 0 Å². The molecule has 3 aliphatic rings.